The number of likely N-dealkylation sites (tertiary alicyclic amines) is 1. The molecule has 1 aromatic heterocycles. The van der Waals surface area contributed by atoms with E-state index in [2.05, 4.69) is 20.5 Å². The first-order valence-corrected chi connectivity index (χ1v) is 6.94. The summed E-state index contributed by atoms with van der Waals surface area (Å²) in [7, 11) is 1.81. The fourth-order valence-electron chi connectivity index (χ4n) is 2.29. The van der Waals surface area contributed by atoms with E-state index in [4.69, 9.17) is 0 Å². The van der Waals surface area contributed by atoms with Gasteiger partial charge in [0.25, 0.3) is 5.91 Å². The number of carbonyl (C=O) groups excluding carboxylic acids is 1. The van der Waals surface area contributed by atoms with Crippen LogP contribution >= 0.6 is 0 Å². The Morgan fingerprint density at radius 1 is 1.37 bits per heavy atom. The third-order valence-corrected chi connectivity index (χ3v) is 3.42. The predicted molar refractivity (Wildman–Crippen MR) is 76.4 cm³/mol. The molecular formula is C14H22N4O. The van der Waals surface area contributed by atoms with Gasteiger partial charge >= 0.3 is 0 Å². The van der Waals surface area contributed by atoms with E-state index < -0.39 is 0 Å². The molecule has 5 nitrogen and oxygen atoms in total. The highest BCUT2D eigenvalue weighted by atomic mass is 16.1. The number of hydrogen-bond donors (Lipinski definition) is 2. The minimum absolute atomic E-state index is 0.0448. The van der Waals surface area contributed by atoms with Gasteiger partial charge in [-0.15, -0.1) is 0 Å². The lowest BCUT2D eigenvalue weighted by molar-refractivity contribution is 0.0951. The normalized spacial score (nSPS) is 15.4. The number of hydrogen-bond acceptors (Lipinski definition) is 4. The smallest absolute Gasteiger partial charge is 0.252 e. The van der Waals surface area contributed by atoms with E-state index in [1.54, 1.807) is 25.4 Å². The first-order chi connectivity index (χ1) is 9.29. The quantitative estimate of drug-likeness (QED) is 0.760. The highest BCUT2D eigenvalue weighted by molar-refractivity contribution is 5.93. The van der Waals surface area contributed by atoms with Crippen LogP contribution in [0.25, 0.3) is 0 Å². The van der Waals surface area contributed by atoms with Gasteiger partial charge in [0.1, 0.15) is 5.82 Å². The van der Waals surface area contributed by atoms with Crippen molar-refractivity contribution < 1.29 is 4.79 Å². The molecule has 0 spiro atoms. The second-order valence-corrected chi connectivity index (χ2v) is 4.84. The average molecular weight is 262 g/mol. The fraction of sp³-hybridized carbons (Fsp3) is 0.571. The molecule has 1 aliphatic rings. The van der Waals surface area contributed by atoms with Crippen molar-refractivity contribution in [1.29, 1.82) is 0 Å². The van der Waals surface area contributed by atoms with Gasteiger partial charge in [-0.2, -0.15) is 0 Å². The maximum absolute atomic E-state index is 11.9. The number of aromatic nitrogens is 1. The van der Waals surface area contributed by atoms with Gasteiger partial charge in [-0.25, -0.2) is 4.98 Å². The molecule has 1 aromatic rings. The van der Waals surface area contributed by atoms with Gasteiger partial charge in [-0.3, -0.25) is 4.79 Å². The van der Waals surface area contributed by atoms with Crippen LogP contribution in [0.1, 0.15) is 29.6 Å². The Bertz CT molecular complexity index is 398. The van der Waals surface area contributed by atoms with Crippen molar-refractivity contribution in [3.63, 3.8) is 0 Å². The first-order valence-electron chi connectivity index (χ1n) is 6.94. The lowest BCUT2D eigenvalue weighted by Gasteiger charge is -2.14. The predicted octanol–water partition coefficient (Wildman–Crippen LogP) is 1.34. The summed E-state index contributed by atoms with van der Waals surface area (Å²) < 4.78 is 0. The molecule has 0 saturated carbocycles. The minimum atomic E-state index is -0.0448. The second kappa shape index (κ2) is 7.09. The zero-order valence-electron chi connectivity index (χ0n) is 11.5. The van der Waals surface area contributed by atoms with E-state index in [1.165, 1.54) is 25.9 Å². The van der Waals surface area contributed by atoms with Crippen LogP contribution in [-0.2, 0) is 0 Å². The molecule has 0 aliphatic carbocycles. The molecule has 1 amide bonds. The van der Waals surface area contributed by atoms with Crippen LogP contribution in [0.4, 0.5) is 5.82 Å². The van der Waals surface area contributed by atoms with Crippen molar-refractivity contribution in [2.45, 2.75) is 19.3 Å². The molecule has 2 rings (SSSR count). The van der Waals surface area contributed by atoms with Crippen LogP contribution in [-0.4, -0.2) is 49.0 Å². The summed E-state index contributed by atoms with van der Waals surface area (Å²) in [6, 6.07) is 3.59. The fourth-order valence-corrected chi connectivity index (χ4v) is 2.29. The van der Waals surface area contributed by atoms with Crippen LogP contribution < -0.4 is 10.6 Å². The monoisotopic (exact) mass is 262 g/mol. The number of amides is 1. The molecule has 0 atom stereocenters. The van der Waals surface area contributed by atoms with Crippen molar-refractivity contribution in [1.82, 2.24) is 15.2 Å². The summed E-state index contributed by atoms with van der Waals surface area (Å²) in [6.07, 6.45) is 5.24. The lowest BCUT2D eigenvalue weighted by atomic mass is 10.2. The van der Waals surface area contributed by atoms with Crippen molar-refractivity contribution in [3.8, 4) is 0 Å². The molecule has 0 unspecified atom stereocenters. The lowest BCUT2D eigenvalue weighted by Crippen LogP contribution is -2.28. The molecule has 0 aromatic carbocycles. The Hall–Kier alpha value is -1.62. The minimum Gasteiger partial charge on any atom is -0.373 e. The molecule has 0 radical (unpaired) electrons. The van der Waals surface area contributed by atoms with E-state index in [0.717, 1.165) is 25.3 Å². The van der Waals surface area contributed by atoms with Gasteiger partial charge in [0, 0.05) is 19.8 Å². The van der Waals surface area contributed by atoms with Crippen LogP contribution in [0.2, 0.25) is 0 Å². The van der Waals surface area contributed by atoms with Crippen LogP contribution in [0, 0.1) is 0 Å². The number of nitrogens with zero attached hydrogens (tertiary/aromatic N) is 2. The van der Waals surface area contributed by atoms with E-state index in [-0.39, 0.29) is 5.91 Å². The summed E-state index contributed by atoms with van der Waals surface area (Å²) in [6.45, 7) is 4.23. The van der Waals surface area contributed by atoms with Gasteiger partial charge in [0.2, 0.25) is 0 Å². The summed E-state index contributed by atoms with van der Waals surface area (Å²) in [5.41, 5.74) is 0.611. The third kappa shape index (κ3) is 4.21. The van der Waals surface area contributed by atoms with E-state index >= 15 is 0 Å². The first kappa shape index (κ1) is 13.8. The zero-order chi connectivity index (χ0) is 13.5. The van der Waals surface area contributed by atoms with Gasteiger partial charge in [0.15, 0.2) is 0 Å². The molecular weight excluding hydrogens is 240 g/mol. The Morgan fingerprint density at radius 2 is 2.16 bits per heavy atom. The molecule has 19 heavy (non-hydrogen) atoms. The van der Waals surface area contributed by atoms with Gasteiger partial charge in [0.05, 0.1) is 5.56 Å². The Kier molecular flexibility index (Phi) is 5.15. The SMILES string of the molecule is CNc1ccc(C(=O)NCCCN2CCCC2)cn1. The van der Waals surface area contributed by atoms with Crippen LogP contribution in [0.15, 0.2) is 18.3 Å². The molecule has 0 bridgehead atoms. The number of pyridine rings is 1. The van der Waals surface area contributed by atoms with Crippen molar-refractivity contribution in [2.75, 3.05) is 38.5 Å². The summed E-state index contributed by atoms with van der Waals surface area (Å²) in [5, 5.41) is 5.86. The van der Waals surface area contributed by atoms with Gasteiger partial charge in [-0.05, 0) is 51.0 Å². The largest absolute Gasteiger partial charge is 0.373 e. The summed E-state index contributed by atoms with van der Waals surface area (Å²) in [4.78, 5) is 18.4. The Morgan fingerprint density at radius 3 is 2.79 bits per heavy atom. The number of carbonyl (C=O) groups is 1. The Labute approximate surface area is 114 Å². The maximum atomic E-state index is 11.9. The summed E-state index contributed by atoms with van der Waals surface area (Å²) in [5.74, 6) is 0.724. The van der Waals surface area contributed by atoms with E-state index in [1.807, 2.05) is 0 Å². The second-order valence-electron chi connectivity index (χ2n) is 4.84. The number of rotatable bonds is 6. The molecule has 1 saturated heterocycles. The molecule has 5 heteroatoms. The van der Waals surface area contributed by atoms with Gasteiger partial charge < -0.3 is 15.5 Å². The average Bonchev–Trinajstić information content (AvgIpc) is 2.96. The molecule has 2 heterocycles. The van der Waals surface area contributed by atoms with Crippen LogP contribution in [0.5, 0.6) is 0 Å². The standard InChI is InChI=1S/C14H22N4O/c1-15-13-6-5-12(11-17-13)14(19)16-7-4-10-18-8-2-3-9-18/h5-6,11H,2-4,7-10H2,1H3,(H,15,17)(H,16,19). The topological polar surface area (TPSA) is 57.3 Å². The maximum Gasteiger partial charge on any atom is 0.252 e. The number of nitrogens with one attached hydrogen (secondary N) is 2. The van der Waals surface area contributed by atoms with Crippen molar-refractivity contribution >= 4 is 11.7 Å². The molecule has 1 aliphatic heterocycles. The van der Waals surface area contributed by atoms with Crippen LogP contribution in [0.3, 0.4) is 0 Å². The molecule has 2 N–H and O–H groups in total. The van der Waals surface area contributed by atoms with Crippen molar-refractivity contribution in [2.24, 2.45) is 0 Å². The highest BCUT2D eigenvalue weighted by Gasteiger charge is 2.11. The Balaban J connectivity index is 1.68. The van der Waals surface area contributed by atoms with E-state index in [0.29, 0.717) is 5.56 Å². The molecule has 1 fully saturated rings. The van der Waals surface area contributed by atoms with Crippen molar-refractivity contribution in [3.05, 3.63) is 23.9 Å². The number of anilines is 1. The zero-order valence-corrected chi connectivity index (χ0v) is 11.5. The third-order valence-electron chi connectivity index (χ3n) is 3.42. The van der Waals surface area contributed by atoms with Gasteiger partial charge in [-0.1, -0.05) is 0 Å². The molecule has 104 valence electrons. The summed E-state index contributed by atoms with van der Waals surface area (Å²) >= 11 is 0. The van der Waals surface area contributed by atoms with E-state index in [9.17, 15) is 4.79 Å². The highest BCUT2D eigenvalue weighted by Crippen LogP contribution is 2.07.